The van der Waals surface area contributed by atoms with E-state index in [1.807, 2.05) is 40.4 Å². The van der Waals surface area contributed by atoms with E-state index in [0.717, 1.165) is 4.88 Å². The molecule has 0 fully saturated rings. The van der Waals surface area contributed by atoms with Crippen LogP contribution >= 0.6 is 11.3 Å². The zero-order valence-corrected chi connectivity index (χ0v) is 10.4. The van der Waals surface area contributed by atoms with Crippen molar-refractivity contribution < 1.29 is 4.52 Å². The highest BCUT2D eigenvalue weighted by atomic mass is 32.1. The molecular weight excluding hydrogens is 262 g/mol. The van der Waals surface area contributed by atoms with Gasteiger partial charge in [-0.3, -0.25) is 4.40 Å². The molecule has 0 atom stereocenters. The van der Waals surface area contributed by atoms with Gasteiger partial charge in [-0.2, -0.15) is 4.98 Å². The predicted molar refractivity (Wildman–Crippen MR) is 69.6 cm³/mol. The van der Waals surface area contributed by atoms with E-state index in [1.54, 1.807) is 17.5 Å². The second kappa shape index (κ2) is 3.99. The van der Waals surface area contributed by atoms with Crippen molar-refractivity contribution in [3.8, 4) is 22.3 Å². The molecule has 4 rings (SSSR count). The summed E-state index contributed by atoms with van der Waals surface area (Å²) in [4.78, 5) is 13.8. The first kappa shape index (κ1) is 10.4. The quantitative estimate of drug-likeness (QED) is 0.559. The van der Waals surface area contributed by atoms with Crippen molar-refractivity contribution in [1.29, 1.82) is 0 Å². The van der Waals surface area contributed by atoms with Crippen molar-refractivity contribution in [3.63, 3.8) is 0 Å². The fraction of sp³-hybridized carbons (Fsp3) is 0. The van der Waals surface area contributed by atoms with Crippen LogP contribution in [0.4, 0.5) is 0 Å². The molecule has 0 amide bonds. The van der Waals surface area contributed by atoms with Crippen LogP contribution in [0.25, 0.3) is 28.1 Å². The van der Waals surface area contributed by atoms with Crippen molar-refractivity contribution >= 4 is 17.1 Å². The lowest BCUT2D eigenvalue weighted by Gasteiger charge is -1.85. The summed E-state index contributed by atoms with van der Waals surface area (Å²) >= 11 is 1.57. The van der Waals surface area contributed by atoms with E-state index in [9.17, 15) is 0 Å². The number of fused-ring (bicyclic) bond motifs is 1. The molecule has 4 aromatic rings. The molecule has 0 aromatic carbocycles. The van der Waals surface area contributed by atoms with Gasteiger partial charge in [0.15, 0.2) is 0 Å². The third-order valence-electron chi connectivity index (χ3n) is 2.62. The molecule has 0 radical (unpaired) electrons. The van der Waals surface area contributed by atoms with Gasteiger partial charge in [-0.25, -0.2) is 9.97 Å². The van der Waals surface area contributed by atoms with Gasteiger partial charge in [-0.05, 0) is 17.5 Å². The fourth-order valence-electron chi connectivity index (χ4n) is 1.77. The maximum atomic E-state index is 5.25. The maximum Gasteiger partial charge on any atom is 0.278 e. The molecule has 6 nitrogen and oxygen atoms in total. The lowest BCUT2D eigenvalue weighted by atomic mass is 10.4. The molecule has 7 heteroatoms. The van der Waals surface area contributed by atoms with E-state index in [1.165, 1.54) is 0 Å². The largest absolute Gasteiger partial charge is 0.332 e. The lowest BCUT2D eigenvalue weighted by Crippen LogP contribution is -1.82. The van der Waals surface area contributed by atoms with Crippen molar-refractivity contribution in [3.05, 3.63) is 42.2 Å². The Labute approximate surface area is 111 Å². The molecule has 19 heavy (non-hydrogen) atoms. The molecule has 4 heterocycles. The second-order valence-corrected chi connectivity index (χ2v) is 4.80. The molecule has 0 aliphatic carbocycles. The van der Waals surface area contributed by atoms with Crippen LogP contribution in [0.3, 0.4) is 0 Å². The average Bonchev–Trinajstić information content (AvgIpc) is 3.17. The van der Waals surface area contributed by atoms with Crippen molar-refractivity contribution in [2.75, 3.05) is 0 Å². The summed E-state index contributed by atoms with van der Waals surface area (Å²) in [5.41, 5.74) is 0.619. The normalized spacial score (nSPS) is 11.2. The van der Waals surface area contributed by atoms with Crippen LogP contribution in [-0.2, 0) is 0 Å². The zero-order valence-electron chi connectivity index (χ0n) is 9.59. The fourth-order valence-corrected chi connectivity index (χ4v) is 2.42. The Kier molecular flexibility index (Phi) is 2.18. The maximum absolute atomic E-state index is 5.25. The van der Waals surface area contributed by atoms with Gasteiger partial charge >= 0.3 is 0 Å². The Morgan fingerprint density at radius 1 is 1.21 bits per heavy atom. The van der Waals surface area contributed by atoms with E-state index in [-0.39, 0.29) is 0 Å². The highest BCUT2D eigenvalue weighted by molar-refractivity contribution is 7.13. The number of nitrogens with zero attached hydrogens (tertiary/aromatic N) is 5. The van der Waals surface area contributed by atoms with Gasteiger partial charge in [-0.15, -0.1) is 11.3 Å². The molecule has 0 saturated carbocycles. The highest BCUT2D eigenvalue weighted by Crippen LogP contribution is 2.24. The molecule has 4 aromatic heterocycles. The molecule has 0 saturated heterocycles. The number of aromatic nitrogens is 5. The first-order valence-corrected chi connectivity index (χ1v) is 6.46. The van der Waals surface area contributed by atoms with Gasteiger partial charge in [0.05, 0.1) is 4.88 Å². The summed E-state index contributed by atoms with van der Waals surface area (Å²) in [7, 11) is 0. The number of hydrogen-bond acceptors (Lipinski definition) is 6. The minimum atomic E-state index is 0.397. The summed E-state index contributed by atoms with van der Waals surface area (Å²) in [5.74, 6) is 1.58. The smallest absolute Gasteiger partial charge is 0.278 e. The standard InChI is InChI=1S/C12H7N5OS/c1-3-9(19-6-1)10-15-11(18-16-10)8-7-17-5-2-4-13-12(17)14-8/h1-7H. The van der Waals surface area contributed by atoms with Crippen LogP contribution in [0.2, 0.25) is 0 Å². The summed E-state index contributed by atoms with van der Waals surface area (Å²) in [6, 6.07) is 5.73. The van der Waals surface area contributed by atoms with Crippen molar-refractivity contribution in [1.82, 2.24) is 24.5 Å². The summed E-state index contributed by atoms with van der Waals surface area (Å²) < 4.78 is 7.06. The second-order valence-electron chi connectivity index (χ2n) is 3.85. The molecule has 0 unspecified atom stereocenters. The third-order valence-corrected chi connectivity index (χ3v) is 3.49. The van der Waals surface area contributed by atoms with Crippen LogP contribution < -0.4 is 0 Å². The predicted octanol–water partition coefficient (Wildman–Crippen LogP) is 2.51. The van der Waals surface area contributed by atoms with Crippen LogP contribution in [0.15, 0.2) is 46.7 Å². The number of rotatable bonds is 2. The van der Waals surface area contributed by atoms with E-state index in [4.69, 9.17) is 4.52 Å². The molecule has 92 valence electrons. The molecule has 0 aliphatic heterocycles. The van der Waals surface area contributed by atoms with Crippen LogP contribution in [0.1, 0.15) is 0 Å². The Morgan fingerprint density at radius 2 is 2.21 bits per heavy atom. The Balaban J connectivity index is 1.80. The number of imidazole rings is 1. The number of thiophene rings is 1. The Hall–Kier alpha value is -2.54. The summed E-state index contributed by atoms with van der Waals surface area (Å²) in [6.07, 6.45) is 5.38. The first-order valence-electron chi connectivity index (χ1n) is 5.58. The van der Waals surface area contributed by atoms with Crippen molar-refractivity contribution in [2.45, 2.75) is 0 Å². The zero-order chi connectivity index (χ0) is 12.7. The van der Waals surface area contributed by atoms with Crippen LogP contribution in [-0.4, -0.2) is 24.5 Å². The van der Waals surface area contributed by atoms with Gasteiger partial charge in [0, 0.05) is 18.6 Å². The third kappa shape index (κ3) is 1.71. The Bertz CT molecular complexity index is 800. The monoisotopic (exact) mass is 269 g/mol. The SMILES string of the molecule is c1csc(-c2noc(-c3cn4cccnc4n3)n2)c1. The minimum Gasteiger partial charge on any atom is -0.332 e. The van der Waals surface area contributed by atoms with Gasteiger partial charge in [-0.1, -0.05) is 11.2 Å². The minimum absolute atomic E-state index is 0.397. The topological polar surface area (TPSA) is 69.1 Å². The van der Waals surface area contributed by atoms with E-state index < -0.39 is 0 Å². The van der Waals surface area contributed by atoms with Gasteiger partial charge in [0.25, 0.3) is 5.89 Å². The molecule has 0 bridgehead atoms. The van der Waals surface area contributed by atoms with Gasteiger partial charge in [0.1, 0.15) is 5.69 Å². The molecule has 0 aliphatic rings. The van der Waals surface area contributed by atoms with E-state index >= 15 is 0 Å². The summed E-state index contributed by atoms with van der Waals surface area (Å²) in [5, 5.41) is 5.93. The van der Waals surface area contributed by atoms with Gasteiger partial charge < -0.3 is 4.52 Å². The van der Waals surface area contributed by atoms with E-state index in [2.05, 4.69) is 20.1 Å². The Morgan fingerprint density at radius 3 is 3.05 bits per heavy atom. The average molecular weight is 269 g/mol. The number of hydrogen-bond donors (Lipinski definition) is 0. The van der Waals surface area contributed by atoms with Crippen LogP contribution in [0.5, 0.6) is 0 Å². The lowest BCUT2D eigenvalue weighted by molar-refractivity contribution is 0.431. The summed E-state index contributed by atoms with van der Waals surface area (Å²) in [6.45, 7) is 0. The highest BCUT2D eigenvalue weighted by Gasteiger charge is 2.14. The first-order chi connectivity index (χ1) is 9.40. The molecule has 0 N–H and O–H groups in total. The van der Waals surface area contributed by atoms with Gasteiger partial charge in [0.2, 0.25) is 11.6 Å². The van der Waals surface area contributed by atoms with Crippen molar-refractivity contribution in [2.24, 2.45) is 0 Å². The molecular formula is C12H7N5OS. The molecule has 0 spiro atoms. The van der Waals surface area contributed by atoms with E-state index in [0.29, 0.717) is 23.2 Å². The van der Waals surface area contributed by atoms with Crippen LogP contribution in [0, 0.1) is 0 Å².